The van der Waals surface area contributed by atoms with E-state index in [0.717, 1.165) is 16.0 Å². The molecule has 220 valence electrons. The molecule has 2 aromatic heterocycles. The third kappa shape index (κ3) is 3.97. The van der Waals surface area contributed by atoms with Gasteiger partial charge >= 0.3 is 0 Å². The van der Waals surface area contributed by atoms with Crippen molar-refractivity contribution in [1.29, 1.82) is 0 Å². The molecule has 0 radical (unpaired) electrons. The molecule has 3 heterocycles. The molecule has 47 heavy (non-hydrogen) atoms. The van der Waals surface area contributed by atoms with E-state index in [2.05, 4.69) is 115 Å². The summed E-state index contributed by atoms with van der Waals surface area (Å²) in [5.74, 6) is 2.05. The van der Waals surface area contributed by atoms with E-state index in [1.807, 2.05) is 48.2 Å². The van der Waals surface area contributed by atoms with E-state index in [1.165, 1.54) is 53.3 Å². The molecule has 2 aliphatic rings. The molecule has 6 aromatic carbocycles. The molecule has 1 spiro atoms. The van der Waals surface area contributed by atoms with Crippen LogP contribution in [0.5, 0.6) is 0 Å². The van der Waals surface area contributed by atoms with Crippen molar-refractivity contribution in [1.82, 2.24) is 15.0 Å². The van der Waals surface area contributed by atoms with Crippen LogP contribution in [0.2, 0.25) is 0 Å². The van der Waals surface area contributed by atoms with Crippen LogP contribution in [0.4, 0.5) is 0 Å². The quantitative estimate of drug-likeness (QED) is 0.194. The lowest BCUT2D eigenvalue weighted by molar-refractivity contribution is 0.723. The zero-order valence-electron chi connectivity index (χ0n) is 25.1. The molecule has 0 bridgehead atoms. The fraction of sp³-hybridized carbons (Fsp3) is 0.0238. The summed E-state index contributed by atoms with van der Waals surface area (Å²) in [5.41, 5.74) is 9.53. The Balaban J connectivity index is 1.22. The van der Waals surface area contributed by atoms with Gasteiger partial charge in [0.25, 0.3) is 0 Å². The first-order valence-corrected chi connectivity index (χ1v) is 17.3. The van der Waals surface area contributed by atoms with Crippen LogP contribution in [-0.4, -0.2) is 15.0 Å². The monoisotopic (exact) mass is 635 g/mol. The minimum Gasteiger partial charge on any atom is -0.208 e. The third-order valence-corrected chi connectivity index (χ3v) is 11.6. The predicted octanol–water partition coefficient (Wildman–Crippen LogP) is 10.9. The van der Waals surface area contributed by atoms with E-state index in [1.54, 1.807) is 11.3 Å². The maximum absolute atomic E-state index is 5.04. The molecule has 0 saturated carbocycles. The van der Waals surface area contributed by atoms with Gasteiger partial charge in [-0.05, 0) is 69.1 Å². The molecule has 0 atom stereocenters. The Morgan fingerprint density at radius 2 is 0.957 bits per heavy atom. The second-order valence-corrected chi connectivity index (χ2v) is 14.1. The SMILES string of the molecule is c1ccc(-c2nc(-c3ccccc3)nc(-c3cc4cc5c(cc4s3)-c3ccccc3C53c4ccccc4Sc4ccccc43)n2)cc1. The van der Waals surface area contributed by atoms with E-state index in [4.69, 9.17) is 15.0 Å². The van der Waals surface area contributed by atoms with Gasteiger partial charge in [-0.25, -0.2) is 15.0 Å². The Morgan fingerprint density at radius 3 is 1.60 bits per heavy atom. The number of rotatable bonds is 3. The van der Waals surface area contributed by atoms with Gasteiger partial charge in [-0.2, -0.15) is 0 Å². The molecule has 0 unspecified atom stereocenters. The van der Waals surface area contributed by atoms with Crippen LogP contribution >= 0.6 is 23.1 Å². The summed E-state index contributed by atoms with van der Waals surface area (Å²) < 4.78 is 1.22. The highest BCUT2D eigenvalue weighted by Crippen LogP contribution is 2.62. The van der Waals surface area contributed by atoms with Crippen molar-refractivity contribution in [2.45, 2.75) is 15.2 Å². The van der Waals surface area contributed by atoms with Crippen LogP contribution in [0.3, 0.4) is 0 Å². The van der Waals surface area contributed by atoms with Gasteiger partial charge in [0, 0.05) is 25.6 Å². The van der Waals surface area contributed by atoms with Gasteiger partial charge in [-0.3, -0.25) is 0 Å². The van der Waals surface area contributed by atoms with E-state index in [0.29, 0.717) is 17.5 Å². The predicted molar refractivity (Wildman–Crippen MR) is 193 cm³/mol. The number of hydrogen-bond donors (Lipinski definition) is 0. The molecule has 0 saturated heterocycles. The molecule has 1 aliphatic carbocycles. The first kappa shape index (κ1) is 26.8. The van der Waals surface area contributed by atoms with Gasteiger partial charge in [0.1, 0.15) is 0 Å². The zero-order valence-corrected chi connectivity index (χ0v) is 26.7. The Labute approximate surface area is 280 Å². The maximum Gasteiger partial charge on any atom is 0.174 e. The molecule has 0 amide bonds. The Bertz CT molecular complexity index is 2400. The number of aromatic nitrogens is 3. The van der Waals surface area contributed by atoms with Crippen LogP contribution in [0.15, 0.2) is 161 Å². The maximum atomic E-state index is 5.04. The van der Waals surface area contributed by atoms with E-state index in [9.17, 15) is 0 Å². The smallest absolute Gasteiger partial charge is 0.174 e. The average Bonchev–Trinajstić information content (AvgIpc) is 3.69. The second-order valence-electron chi connectivity index (χ2n) is 12.0. The largest absolute Gasteiger partial charge is 0.208 e. The van der Waals surface area contributed by atoms with E-state index < -0.39 is 5.41 Å². The molecule has 5 heteroatoms. The minimum atomic E-state index is -0.394. The van der Waals surface area contributed by atoms with Crippen molar-refractivity contribution in [3.63, 3.8) is 0 Å². The summed E-state index contributed by atoms with van der Waals surface area (Å²) in [6.07, 6.45) is 0. The van der Waals surface area contributed by atoms with Crippen molar-refractivity contribution in [3.05, 3.63) is 174 Å². The molecule has 8 aromatic rings. The normalized spacial score (nSPS) is 13.6. The molecule has 3 nitrogen and oxygen atoms in total. The summed E-state index contributed by atoms with van der Waals surface area (Å²) in [6, 6.07) is 54.3. The highest BCUT2D eigenvalue weighted by atomic mass is 32.2. The Hall–Kier alpha value is -5.36. The van der Waals surface area contributed by atoms with Gasteiger partial charge < -0.3 is 0 Å². The Kier molecular flexibility index (Phi) is 5.89. The summed E-state index contributed by atoms with van der Waals surface area (Å²) in [5, 5.41) is 1.20. The Morgan fingerprint density at radius 1 is 0.426 bits per heavy atom. The summed E-state index contributed by atoms with van der Waals surface area (Å²) in [4.78, 5) is 18.6. The lowest BCUT2D eigenvalue weighted by Gasteiger charge is -2.39. The average molecular weight is 636 g/mol. The van der Waals surface area contributed by atoms with E-state index in [-0.39, 0.29) is 0 Å². The summed E-state index contributed by atoms with van der Waals surface area (Å²) in [6.45, 7) is 0. The topological polar surface area (TPSA) is 38.7 Å². The highest BCUT2D eigenvalue weighted by Gasteiger charge is 2.50. The van der Waals surface area contributed by atoms with Crippen molar-refractivity contribution >= 4 is 33.2 Å². The number of thiophene rings is 1. The van der Waals surface area contributed by atoms with Crippen LogP contribution in [0, 0.1) is 0 Å². The third-order valence-electron chi connectivity index (χ3n) is 9.40. The molecule has 1 aliphatic heterocycles. The van der Waals surface area contributed by atoms with Gasteiger partial charge in [0.05, 0.1) is 10.3 Å². The van der Waals surface area contributed by atoms with E-state index >= 15 is 0 Å². The fourth-order valence-corrected chi connectivity index (χ4v) is 9.62. The molecule has 10 rings (SSSR count). The van der Waals surface area contributed by atoms with Crippen LogP contribution in [0.1, 0.15) is 22.3 Å². The lowest BCUT2D eigenvalue weighted by Crippen LogP contribution is -2.31. The molecular formula is C42H25N3S2. The van der Waals surface area contributed by atoms with Crippen LogP contribution in [-0.2, 0) is 5.41 Å². The molecule has 0 fully saturated rings. The van der Waals surface area contributed by atoms with Crippen molar-refractivity contribution in [2.75, 3.05) is 0 Å². The van der Waals surface area contributed by atoms with Crippen molar-refractivity contribution in [3.8, 4) is 44.6 Å². The first-order valence-electron chi connectivity index (χ1n) is 15.7. The van der Waals surface area contributed by atoms with Gasteiger partial charge in [0.15, 0.2) is 17.5 Å². The lowest BCUT2D eigenvalue weighted by atomic mass is 9.67. The van der Waals surface area contributed by atoms with Gasteiger partial charge in [-0.15, -0.1) is 11.3 Å². The fourth-order valence-electron chi connectivity index (χ4n) is 7.41. The second kappa shape index (κ2) is 10.3. The van der Waals surface area contributed by atoms with Crippen LogP contribution in [0.25, 0.3) is 54.7 Å². The standard InChI is InChI=1S/C42H25N3S2/c1-3-13-26(14-4-1)39-43-40(27-15-5-2-6-16-27)45-41(44-39)38-24-28-23-34-30(25-37(28)47-38)29-17-7-8-18-31(29)42(34)32-19-9-11-21-35(32)46-36-22-12-10-20-33(36)42/h1-25H. The van der Waals surface area contributed by atoms with Gasteiger partial charge in [0.2, 0.25) is 0 Å². The zero-order chi connectivity index (χ0) is 31.0. The van der Waals surface area contributed by atoms with Gasteiger partial charge in [-0.1, -0.05) is 133 Å². The first-order chi connectivity index (χ1) is 23.3. The number of benzene rings is 6. The minimum absolute atomic E-state index is 0.394. The number of hydrogen-bond acceptors (Lipinski definition) is 5. The summed E-state index contributed by atoms with van der Waals surface area (Å²) in [7, 11) is 0. The number of fused-ring (bicyclic) bond motifs is 10. The van der Waals surface area contributed by atoms with Crippen molar-refractivity contribution in [2.24, 2.45) is 0 Å². The molecular weight excluding hydrogens is 611 g/mol. The summed E-state index contributed by atoms with van der Waals surface area (Å²) >= 11 is 3.62. The van der Waals surface area contributed by atoms with Crippen molar-refractivity contribution < 1.29 is 0 Å². The van der Waals surface area contributed by atoms with Crippen LogP contribution < -0.4 is 0 Å². The molecule has 0 N–H and O–H groups in total. The highest BCUT2D eigenvalue weighted by molar-refractivity contribution is 7.99. The number of nitrogens with zero attached hydrogens (tertiary/aromatic N) is 3.